The number of rotatable bonds is 6. The predicted octanol–water partition coefficient (Wildman–Crippen LogP) is 0.153. The quantitative estimate of drug-likeness (QED) is 0.315. The van der Waals surface area contributed by atoms with Crippen LogP contribution in [-0.2, 0) is 19.1 Å². The first-order chi connectivity index (χ1) is 5.24. The predicted molar refractivity (Wildman–Crippen MR) is 38.1 cm³/mol. The van der Waals surface area contributed by atoms with Gasteiger partial charge in [-0.25, -0.2) is 0 Å². The van der Waals surface area contributed by atoms with Crippen molar-refractivity contribution in [3.05, 3.63) is 0 Å². The van der Waals surface area contributed by atoms with Crippen LogP contribution in [0.3, 0.4) is 0 Å². The monoisotopic (exact) mass is 160 g/mol. The number of carbonyl (C=O) groups excluding carboxylic acids is 2. The largest absolute Gasteiger partial charge is 0.338 e. The Hall–Kier alpha value is -0.740. The molecule has 0 atom stereocenters. The van der Waals surface area contributed by atoms with E-state index in [4.69, 9.17) is 9.47 Å². The molecule has 0 N–H and O–H groups in total. The van der Waals surface area contributed by atoms with Gasteiger partial charge >= 0.3 is 0 Å². The minimum atomic E-state index is -1.68. The molecule has 0 saturated carbocycles. The van der Waals surface area contributed by atoms with Gasteiger partial charge in [0.2, 0.25) is 0 Å². The number of aldehydes is 2. The van der Waals surface area contributed by atoms with Gasteiger partial charge < -0.3 is 9.47 Å². The Kier molecular flexibility index (Phi) is 4.65. The second kappa shape index (κ2) is 4.98. The third kappa shape index (κ3) is 2.78. The van der Waals surface area contributed by atoms with Crippen molar-refractivity contribution in [1.29, 1.82) is 0 Å². The molecule has 4 heteroatoms. The zero-order valence-electron chi connectivity index (χ0n) is 6.70. The van der Waals surface area contributed by atoms with E-state index in [1.54, 1.807) is 13.8 Å². The van der Waals surface area contributed by atoms with E-state index in [0.29, 0.717) is 12.6 Å². The van der Waals surface area contributed by atoms with Gasteiger partial charge in [-0.2, -0.15) is 0 Å². The molecule has 0 aliphatic rings. The van der Waals surface area contributed by atoms with Gasteiger partial charge in [-0.15, -0.1) is 0 Å². The lowest BCUT2D eigenvalue weighted by Gasteiger charge is -2.20. The molecule has 0 aromatic rings. The highest BCUT2D eigenvalue weighted by atomic mass is 16.7. The number of hydrogen-bond donors (Lipinski definition) is 0. The summed E-state index contributed by atoms with van der Waals surface area (Å²) in [7, 11) is 0. The first-order valence-electron chi connectivity index (χ1n) is 3.45. The third-order valence-corrected chi connectivity index (χ3v) is 1.07. The zero-order chi connectivity index (χ0) is 8.74. The highest BCUT2D eigenvalue weighted by molar-refractivity contribution is 5.85. The molecular weight excluding hydrogens is 148 g/mol. The van der Waals surface area contributed by atoms with Gasteiger partial charge in [0.15, 0.2) is 12.6 Å². The number of ether oxygens (including phenoxy) is 2. The van der Waals surface area contributed by atoms with Gasteiger partial charge in [-0.1, -0.05) is 0 Å². The lowest BCUT2D eigenvalue weighted by Crippen LogP contribution is -2.39. The Morgan fingerprint density at radius 3 is 1.64 bits per heavy atom. The highest BCUT2D eigenvalue weighted by Gasteiger charge is 2.30. The van der Waals surface area contributed by atoms with Crippen molar-refractivity contribution in [2.24, 2.45) is 0 Å². The van der Waals surface area contributed by atoms with Crippen molar-refractivity contribution >= 4 is 12.6 Å². The van der Waals surface area contributed by atoms with Crippen molar-refractivity contribution in [2.75, 3.05) is 13.2 Å². The molecule has 0 bridgehead atoms. The van der Waals surface area contributed by atoms with E-state index in [1.807, 2.05) is 0 Å². The molecule has 0 unspecified atom stereocenters. The SMILES string of the molecule is CCOC(C=O)(C=O)OCC. The van der Waals surface area contributed by atoms with Crippen molar-refractivity contribution in [3.8, 4) is 0 Å². The van der Waals surface area contributed by atoms with Gasteiger partial charge in [0.1, 0.15) is 0 Å². The van der Waals surface area contributed by atoms with E-state index >= 15 is 0 Å². The van der Waals surface area contributed by atoms with E-state index in [-0.39, 0.29) is 13.2 Å². The average molecular weight is 160 g/mol. The molecule has 0 radical (unpaired) electrons. The Bertz CT molecular complexity index is 116. The fraction of sp³-hybridized carbons (Fsp3) is 0.714. The molecule has 0 saturated heterocycles. The molecule has 0 fully saturated rings. The number of carbonyl (C=O) groups is 2. The van der Waals surface area contributed by atoms with Crippen LogP contribution in [0.4, 0.5) is 0 Å². The molecule has 0 heterocycles. The molecule has 4 nitrogen and oxygen atoms in total. The molecule has 0 aliphatic heterocycles. The molecule has 11 heavy (non-hydrogen) atoms. The van der Waals surface area contributed by atoms with E-state index in [1.165, 1.54) is 0 Å². The highest BCUT2D eigenvalue weighted by Crippen LogP contribution is 2.05. The Labute approximate surface area is 65.5 Å². The summed E-state index contributed by atoms with van der Waals surface area (Å²) >= 11 is 0. The Balaban J connectivity index is 4.18. The summed E-state index contributed by atoms with van der Waals surface area (Å²) in [6.45, 7) is 3.89. The fourth-order valence-electron chi connectivity index (χ4n) is 0.657. The minimum absolute atomic E-state index is 0.261. The maximum absolute atomic E-state index is 10.4. The standard InChI is InChI=1S/C7H12O4/c1-3-10-7(5-8,6-9)11-4-2/h5-6H,3-4H2,1-2H3. The van der Waals surface area contributed by atoms with Crippen LogP contribution in [0.2, 0.25) is 0 Å². The maximum Gasteiger partial charge on any atom is 0.284 e. The Morgan fingerprint density at radius 2 is 1.45 bits per heavy atom. The van der Waals surface area contributed by atoms with E-state index < -0.39 is 5.79 Å². The third-order valence-electron chi connectivity index (χ3n) is 1.07. The maximum atomic E-state index is 10.4. The van der Waals surface area contributed by atoms with Crippen molar-refractivity contribution in [3.63, 3.8) is 0 Å². The second-order valence-electron chi connectivity index (χ2n) is 1.82. The van der Waals surface area contributed by atoms with Gasteiger partial charge in [0.05, 0.1) is 0 Å². The molecule has 0 aromatic carbocycles. The normalized spacial score (nSPS) is 11.1. The topological polar surface area (TPSA) is 52.6 Å². The number of hydrogen-bond acceptors (Lipinski definition) is 4. The minimum Gasteiger partial charge on any atom is -0.338 e. The van der Waals surface area contributed by atoms with Crippen LogP contribution in [0.25, 0.3) is 0 Å². The molecule has 0 aromatic heterocycles. The smallest absolute Gasteiger partial charge is 0.284 e. The van der Waals surface area contributed by atoms with Crippen LogP contribution in [0.5, 0.6) is 0 Å². The van der Waals surface area contributed by atoms with Crippen LogP contribution in [-0.4, -0.2) is 31.6 Å². The lowest BCUT2D eigenvalue weighted by atomic mass is 10.3. The molecule has 0 aliphatic carbocycles. The van der Waals surface area contributed by atoms with Crippen LogP contribution in [0.15, 0.2) is 0 Å². The second-order valence-corrected chi connectivity index (χ2v) is 1.82. The van der Waals surface area contributed by atoms with E-state index in [0.717, 1.165) is 0 Å². The van der Waals surface area contributed by atoms with Crippen LogP contribution in [0.1, 0.15) is 13.8 Å². The fourth-order valence-corrected chi connectivity index (χ4v) is 0.657. The summed E-state index contributed by atoms with van der Waals surface area (Å²) in [6.07, 6.45) is 0.708. The van der Waals surface area contributed by atoms with Crippen LogP contribution in [0, 0.1) is 0 Å². The van der Waals surface area contributed by atoms with Crippen molar-refractivity contribution < 1.29 is 19.1 Å². The Morgan fingerprint density at radius 1 is 1.09 bits per heavy atom. The summed E-state index contributed by atoms with van der Waals surface area (Å²) in [5.41, 5.74) is 0. The van der Waals surface area contributed by atoms with Crippen LogP contribution >= 0.6 is 0 Å². The van der Waals surface area contributed by atoms with Gasteiger partial charge in [0, 0.05) is 13.2 Å². The van der Waals surface area contributed by atoms with Crippen LogP contribution < -0.4 is 0 Å². The molecule has 0 amide bonds. The van der Waals surface area contributed by atoms with E-state index in [2.05, 4.69) is 0 Å². The summed E-state index contributed by atoms with van der Waals surface area (Å²) in [5, 5.41) is 0. The van der Waals surface area contributed by atoms with E-state index in [9.17, 15) is 9.59 Å². The lowest BCUT2D eigenvalue weighted by molar-refractivity contribution is -0.204. The first kappa shape index (κ1) is 10.3. The molecule has 0 rings (SSSR count). The zero-order valence-corrected chi connectivity index (χ0v) is 6.70. The summed E-state index contributed by atoms with van der Waals surface area (Å²) in [5.74, 6) is -1.68. The molecule has 0 spiro atoms. The summed E-state index contributed by atoms with van der Waals surface area (Å²) < 4.78 is 9.62. The first-order valence-corrected chi connectivity index (χ1v) is 3.45. The van der Waals surface area contributed by atoms with Gasteiger partial charge in [0.25, 0.3) is 5.79 Å². The van der Waals surface area contributed by atoms with Gasteiger partial charge in [-0.3, -0.25) is 9.59 Å². The van der Waals surface area contributed by atoms with Gasteiger partial charge in [-0.05, 0) is 13.8 Å². The molecule has 64 valence electrons. The summed E-state index contributed by atoms with van der Waals surface area (Å²) in [6, 6.07) is 0. The van der Waals surface area contributed by atoms with Crippen molar-refractivity contribution in [2.45, 2.75) is 19.6 Å². The average Bonchev–Trinajstić information content (AvgIpc) is 2.04. The molecular formula is C7H12O4. The van der Waals surface area contributed by atoms with Crippen molar-refractivity contribution in [1.82, 2.24) is 0 Å². The summed E-state index contributed by atoms with van der Waals surface area (Å²) in [4.78, 5) is 20.7.